The number of benzene rings is 2. The summed E-state index contributed by atoms with van der Waals surface area (Å²) in [6.07, 6.45) is 1.34. The van der Waals surface area contributed by atoms with Gasteiger partial charge in [-0.3, -0.25) is 4.79 Å². The molecule has 1 saturated heterocycles. The second-order valence-electron chi connectivity index (χ2n) is 9.32. The maximum absolute atomic E-state index is 13.4. The Morgan fingerprint density at radius 2 is 1.94 bits per heavy atom. The summed E-state index contributed by atoms with van der Waals surface area (Å²) in [6, 6.07) is 13.4. The van der Waals surface area contributed by atoms with E-state index in [1.807, 2.05) is 19.1 Å². The second kappa shape index (κ2) is 11.0. The van der Waals surface area contributed by atoms with Gasteiger partial charge in [-0.2, -0.15) is 4.31 Å². The van der Waals surface area contributed by atoms with E-state index in [1.54, 1.807) is 12.1 Å². The van der Waals surface area contributed by atoms with E-state index in [0.717, 1.165) is 63.6 Å². The number of aliphatic hydroxyl groups excluding tert-OH is 1. The number of aryl methyl sites for hydroxylation is 1. The zero-order valence-electron chi connectivity index (χ0n) is 21.0. The van der Waals surface area contributed by atoms with E-state index in [-0.39, 0.29) is 24.6 Å². The molecule has 36 heavy (non-hydrogen) atoms. The molecule has 1 aliphatic rings. The lowest BCUT2D eigenvalue weighted by atomic mass is 10.1. The first-order valence-corrected chi connectivity index (χ1v) is 13.5. The number of aromatic nitrogens is 1. The predicted octanol–water partition coefficient (Wildman–Crippen LogP) is 2.49. The first-order valence-electron chi connectivity index (χ1n) is 12.1. The number of methoxy groups -OCH3 is 1. The minimum atomic E-state index is -3.94. The fraction of sp³-hybridized carbons (Fsp3) is 0.423. The van der Waals surface area contributed by atoms with Crippen molar-refractivity contribution in [1.29, 1.82) is 0 Å². The number of sulfonamides is 1. The van der Waals surface area contributed by atoms with E-state index in [1.165, 1.54) is 14.2 Å². The highest BCUT2D eigenvalue weighted by Crippen LogP contribution is 2.36. The lowest BCUT2D eigenvalue weighted by Gasteiger charge is -2.23. The Balaban J connectivity index is 1.63. The van der Waals surface area contributed by atoms with Gasteiger partial charge in [-0.15, -0.1) is 0 Å². The van der Waals surface area contributed by atoms with Gasteiger partial charge >= 0.3 is 0 Å². The van der Waals surface area contributed by atoms with E-state index < -0.39 is 22.0 Å². The van der Waals surface area contributed by atoms with E-state index in [2.05, 4.69) is 33.4 Å². The Hall–Kier alpha value is -2.92. The SMILES string of the molecule is COC[C@@H](O)CNC(=O)CN(C)S(=O)(=O)c1ccc(N2CCCC2)c(-c2cc3ccc(C)cc3[nH]2)c1. The van der Waals surface area contributed by atoms with Gasteiger partial charge in [-0.25, -0.2) is 8.42 Å². The molecule has 0 spiro atoms. The van der Waals surface area contributed by atoms with Crippen LogP contribution in [0.1, 0.15) is 18.4 Å². The van der Waals surface area contributed by atoms with Crippen molar-refractivity contribution in [3.05, 3.63) is 48.0 Å². The summed E-state index contributed by atoms with van der Waals surface area (Å²) in [4.78, 5) is 18.2. The highest BCUT2D eigenvalue weighted by molar-refractivity contribution is 7.89. The number of rotatable bonds is 10. The highest BCUT2D eigenvalue weighted by Gasteiger charge is 2.26. The topological polar surface area (TPSA) is 115 Å². The summed E-state index contributed by atoms with van der Waals surface area (Å²) in [6.45, 7) is 3.58. The van der Waals surface area contributed by atoms with Crippen LogP contribution in [0.3, 0.4) is 0 Å². The van der Waals surface area contributed by atoms with Crippen LogP contribution in [-0.4, -0.2) is 81.8 Å². The van der Waals surface area contributed by atoms with Crippen LogP contribution in [0.25, 0.3) is 22.2 Å². The average Bonchev–Trinajstić information content (AvgIpc) is 3.52. The Morgan fingerprint density at radius 1 is 1.19 bits per heavy atom. The van der Waals surface area contributed by atoms with Crippen LogP contribution in [0.2, 0.25) is 0 Å². The molecular weight excluding hydrogens is 480 g/mol. The van der Waals surface area contributed by atoms with Crippen LogP contribution in [-0.2, 0) is 19.6 Å². The highest BCUT2D eigenvalue weighted by atomic mass is 32.2. The maximum Gasteiger partial charge on any atom is 0.243 e. The van der Waals surface area contributed by atoms with Crippen LogP contribution in [0, 0.1) is 6.92 Å². The smallest absolute Gasteiger partial charge is 0.243 e. The third kappa shape index (κ3) is 5.73. The van der Waals surface area contributed by atoms with E-state index >= 15 is 0 Å². The predicted molar refractivity (Wildman–Crippen MR) is 141 cm³/mol. The number of H-pyrrole nitrogens is 1. The number of amides is 1. The Labute approximate surface area is 212 Å². The van der Waals surface area contributed by atoms with Gasteiger partial charge in [0.05, 0.1) is 24.2 Å². The number of nitrogens with zero attached hydrogens (tertiary/aromatic N) is 2. The van der Waals surface area contributed by atoms with E-state index in [9.17, 15) is 18.3 Å². The lowest BCUT2D eigenvalue weighted by Crippen LogP contribution is -2.41. The van der Waals surface area contributed by atoms with Gasteiger partial charge in [0.25, 0.3) is 0 Å². The first kappa shape index (κ1) is 26.2. The fourth-order valence-corrected chi connectivity index (χ4v) is 5.67. The lowest BCUT2D eigenvalue weighted by molar-refractivity contribution is -0.121. The Bertz CT molecular complexity index is 1330. The van der Waals surface area contributed by atoms with Crippen molar-refractivity contribution >= 4 is 32.5 Å². The average molecular weight is 515 g/mol. The third-order valence-corrected chi connectivity index (χ3v) is 8.25. The number of hydrogen-bond acceptors (Lipinski definition) is 6. The number of carbonyl (C=O) groups excluding carboxylic acids is 1. The molecule has 0 bridgehead atoms. The largest absolute Gasteiger partial charge is 0.389 e. The molecule has 10 heteroatoms. The van der Waals surface area contributed by atoms with Crippen molar-refractivity contribution in [1.82, 2.24) is 14.6 Å². The molecule has 1 fully saturated rings. The van der Waals surface area contributed by atoms with Crippen molar-refractivity contribution in [2.24, 2.45) is 0 Å². The Kier molecular flexibility index (Phi) is 7.99. The summed E-state index contributed by atoms with van der Waals surface area (Å²) in [5, 5.41) is 13.3. The van der Waals surface area contributed by atoms with Crippen molar-refractivity contribution < 1.29 is 23.1 Å². The zero-order chi connectivity index (χ0) is 25.9. The molecule has 1 atom stereocenters. The van der Waals surface area contributed by atoms with Crippen molar-refractivity contribution in [3.8, 4) is 11.3 Å². The van der Waals surface area contributed by atoms with Gasteiger partial charge in [0.2, 0.25) is 15.9 Å². The molecular formula is C26H34N4O5S. The van der Waals surface area contributed by atoms with Gasteiger partial charge in [-0.05, 0) is 55.7 Å². The number of anilines is 1. The summed E-state index contributed by atoms with van der Waals surface area (Å²) in [7, 11) is -1.11. The number of hydrogen-bond donors (Lipinski definition) is 3. The number of fused-ring (bicyclic) bond motifs is 1. The normalized spacial score (nSPS) is 15.1. The molecule has 0 aliphatic carbocycles. The standard InChI is InChI=1S/C26H34N4O5S/c1-18-6-7-19-13-24(28-23(19)12-18)22-14-21(8-9-25(22)30-10-4-5-11-30)36(33,34)29(2)16-26(32)27-15-20(31)17-35-3/h6-9,12-14,20,28,31H,4-5,10-11,15-17H2,1-3H3,(H,27,32)/t20-/m0/s1. The monoisotopic (exact) mass is 514 g/mol. The molecule has 0 unspecified atom stereocenters. The van der Waals surface area contributed by atoms with Gasteiger partial charge in [0.15, 0.2) is 0 Å². The molecule has 1 aromatic heterocycles. The molecule has 4 rings (SSSR count). The Morgan fingerprint density at radius 3 is 2.67 bits per heavy atom. The summed E-state index contributed by atoms with van der Waals surface area (Å²) < 4.78 is 32.6. The molecule has 0 saturated carbocycles. The molecule has 9 nitrogen and oxygen atoms in total. The molecule has 1 amide bonds. The van der Waals surface area contributed by atoms with Crippen LogP contribution < -0.4 is 10.2 Å². The van der Waals surface area contributed by atoms with Crippen LogP contribution in [0.4, 0.5) is 5.69 Å². The van der Waals surface area contributed by atoms with Crippen LogP contribution in [0.5, 0.6) is 0 Å². The van der Waals surface area contributed by atoms with E-state index in [0.29, 0.717) is 0 Å². The molecule has 2 aromatic carbocycles. The van der Waals surface area contributed by atoms with Crippen molar-refractivity contribution in [2.75, 3.05) is 51.8 Å². The van der Waals surface area contributed by atoms with Gasteiger partial charge < -0.3 is 25.0 Å². The number of carbonyl (C=O) groups is 1. The summed E-state index contributed by atoms with van der Waals surface area (Å²) in [5.74, 6) is -0.504. The number of likely N-dealkylation sites (N-methyl/N-ethyl adjacent to an activating group) is 1. The quantitative estimate of drug-likeness (QED) is 0.383. The fourth-order valence-electron chi connectivity index (χ4n) is 4.52. The molecule has 0 radical (unpaired) electrons. The molecule has 3 N–H and O–H groups in total. The van der Waals surface area contributed by atoms with Crippen LogP contribution >= 0.6 is 0 Å². The molecule has 1 aliphatic heterocycles. The second-order valence-corrected chi connectivity index (χ2v) is 11.4. The van der Waals surface area contributed by atoms with Crippen molar-refractivity contribution in [3.63, 3.8) is 0 Å². The first-order chi connectivity index (χ1) is 17.2. The summed E-state index contributed by atoms with van der Waals surface area (Å²) in [5.41, 5.74) is 4.79. The third-order valence-electron chi connectivity index (χ3n) is 6.45. The minimum absolute atomic E-state index is 0.0188. The van der Waals surface area contributed by atoms with Gasteiger partial charge in [-0.1, -0.05) is 12.1 Å². The summed E-state index contributed by atoms with van der Waals surface area (Å²) >= 11 is 0. The molecule has 194 valence electrons. The maximum atomic E-state index is 13.4. The number of nitrogens with one attached hydrogen (secondary N) is 2. The van der Waals surface area contributed by atoms with Crippen molar-refractivity contribution in [2.45, 2.75) is 30.8 Å². The van der Waals surface area contributed by atoms with Gasteiger partial charge in [0.1, 0.15) is 0 Å². The number of aliphatic hydroxyl groups is 1. The van der Waals surface area contributed by atoms with Gasteiger partial charge in [0, 0.05) is 61.6 Å². The number of aromatic amines is 1. The molecule has 2 heterocycles. The van der Waals surface area contributed by atoms with E-state index in [4.69, 9.17) is 4.74 Å². The van der Waals surface area contributed by atoms with Crippen LogP contribution in [0.15, 0.2) is 47.4 Å². The zero-order valence-corrected chi connectivity index (χ0v) is 21.8. The minimum Gasteiger partial charge on any atom is -0.389 e. The number of ether oxygens (including phenoxy) is 1. The molecule has 3 aromatic rings.